The second-order valence-electron chi connectivity index (χ2n) is 4.75. The average molecular weight is 265 g/mol. The normalized spacial score (nSPS) is 12.0. The van der Waals surface area contributed by atoms with Crippen molar-refractivity contribution in [2.45, 2.75) is 20.8 Å². The maximum atomic E-state index is 12.1. The number of carbonyl (C=O) groups is 2. The third-order valence-electron chi connectivity index (χ3n) is 2.99. The van der Waals surface area contributed by atoms with E-state index in [-0.39, 0.29) is 23.7 Å². The molecule has 0 spiro atoms. The summed E-state index contributed by atoms with van der Waals surface area (Å²) < 4.78 is 0. The summed E-state index contributed by atoms with van der Waals surface area (Å²) >= 11 is 0. The van der Waals surface area contributed by atoms with Crippen molar-refractivity contribution in [3.05, 3.63) is 34.4 Å². The molecule has 1 unspecified atom stereocenters. The van der Waals surface area contributed by atoms with E-state index in [1.54, 1.807) is 32.9 Å². The van der Waals surface area contributed by atoms with E-state index in [1.807, 2.05) is 0 Å². The number of rotatable bonds is 5. The van der Waals surface area contributed by atoms with Crippen LogP contribution in [-0.2, 0) is 0 Å². The highest BCUT2D eigenvalue weighted by Crippen LogP contribution is 2.18. The molecule has 1 aromatic carbocycles. The van der Waals surface area contributed by atoms with Crippen molar-refractivity contribution in [2.24, 2.45) is 5.92 Å². The monoisotopic (exact) mass is 265 g/mol. The number of nitrogens with one attached hydrogen (secondary N) is 1. The number of carbonyl (C=O) groups excluding carboxylic acids is 1. The maximum absolute atomic E-state index is 12.1. The van der Waals surface area contributed by atoms with Gasteiger partial charge in [-0.2, -0.15) is 0 Å². The number of hydrogen-bond acceptors (Lipinski definition) is 3. The van der Waals surface area contributed by atoms with Crippen molar-refractivity contribution in [2.75, 3.05) is 13.2 Å². The summed E-state index contributed by atoms with van der Waals surface area (Å²) in [6, 6.07) is 3.41. The second kappa shape index (κ2) is 6.33. The van der Waals surface area contributed by atoms with Crippen molar-refractivity contribution in [1.82, 2.24) is 5.32 Å². The number of amides is 1. The van der Waals surface area contributed by atoms with Crippen LogP contribution in [0.5, 0.6) is 0 Å². The van der Waals surface area contributed by atoms with Gasteiger partial charge in [0.2, 0.25) is 0 Å². The smallest absolute Gasteiger partial charge is 0.336 e. The Morgan fingerprint density at radius 2 is 1.74 bits per heavy atom. The van der Waals surface area contributed by atoms with Gasteiger partial charge in [0.05, 0.1) is 11.1 Å². The van der Waals surface area contributed by atoms with Crippen LogP contribution in [0.3, 0.4) is 0 Å². The van der Waals surface area contributed by atoms with Crippen LogP contribution in [0.25, 0.3) is 0 Å². The molecule has 1 amide bonds. The van der Waals surface area contributed by atoms with Gasteiger partial charge in [0.1, 0.15) is 0 Å². The molecule has 0 saturated heterocycles. The molecule has 0 aromatic heterocycles. The number of carboxylic acids is 1. The average Bonchev–Trinajstić information content (AvgIpc) is 2.37. The molecule has 0 fully saturated rings. The summed E-state index contributed by atoms with van der Waals surface area (Å²) in [5.74, 6) is -1.59. The molecular formula is C14H19NO4. The predicted molar refractivity (Wildman–Crippen MR) is 71.5 cm³/mol. The lowest BCUT2D eigenvalue weighted by Gasteiger charge is -2.14. The van der Waals surface area contributed by atoms with E-state index in [9.17, 15) is 14.7 Å². The lowest BCUT2D eigenvalue weighted by molar-refractivity contribution is 0.0689. The SMILES string of the molecule is Cc1ccc(C)c(C(=O)NCC(C)CO)c1C(=O)O. The third-order valence-corrected chi connectivity index (χ3v) is 2.99. The fraction of sp³-hybridized carbons (Fsp3) is 0.429. The van der Waals surface area contributed by atoms with Gasteiger partial charge in [-0.1, -0.05) is 19.1 Å². The zero-order valence-corrected chi connectivity index (χ0v) is 11.4. The Kier molecular flexibility index (Phi) is 5.06. The zero-order chi connectivity index (χ0) is 14.6. The molecule has 0 aliphatic carbocycles. The van der Waals surface area contributed by atoms with Gasteiger partial charge in [-0.15, -0.1) is 0 Å². The minimum atomic E-state index is -1.11. The van der Waals surface area contributed by atoms with Gasteiger partial charge >= 0.3 is 5.97 Å². The van der Waals surface area contributed by atoms with Gasteiger partial charge in [0.25, 0.3) is 5.91 Å². The number of aliphatic hydroxyl groups excluding tert-OH is 1. The summed E-state index contributed by atoms with van der Waals surface area (Å²) in [7, 11) is 0. The Morgan fingerprint density at radius 3 is 2.21 bits per heavy atom. The standard InChI is InChI=1S/C14H19NO4/c1-8(7-16)6-15-13(17)11-9(2)4-5-10(3)12(11)14(18)19/h4-5,8,16H,6-7H2,1-3H3,(H,15,17)(H,18,19). The van der Waals surface area contributed by atoms with Gasteiger partial charge in [-0.3, -0.25) is 4.79 Å². The van der Waals surface area contributed by atoms with Crippen molar-refractivity contribution in [3.63, 3.8) is 0 Å². The van der Waals surface area contributed by atoms with Crippen LogP contribution in [0.4, 0.5) is 0 Å². The van der Waals surface area contributed by atoms with Crippen LogP contribution < -0.4 is 5.32 Å². The maximum Gasteiger partial charge on any atom is 0.336 e. The topological polar surface area (TPSA) is 86.6 Å². The largest absolute Gasteiger partial charge is 0.478 e. The first kappa shape index (κ1) is 15.2. The van der Waals surface area contributed by atoms with E-state index in [2.05, 4.69) is 5.32 Å². The summed E-state index contributed by atoms with van der Waals surface area (Å²) in [4.78, 5) is 23.4. The van der Waals surface area contributed by atoms with Gasteiger partial charge in [0.15, 0.2) is 0 Å². The van der Waals surface area contributed by atoms with Crippen molar-refractivity contribution in [3.8, 4) is 0 Å². The van der Waals surface area contributed by atoms with E-state index >= 15 is 0 Å². The van der Waals surface area contributed by atoms with Crippen molar-refractivity contribution >= 4 is 11.9 Å². The fourth-order valence-electron chi connectivity index (χ4n) is 1.80. The molecule has 0 radical (unpaired) electrons. The minimum absolute atomic E-state index is 0.0289. The summed E-state index contributed by atoms with van der Waals surface area (Å²) in [5, 5.41) is 20.8. The summed E-state index contributed by atoms with van der Waals surface area (Å²) in [5.41, 5.74) is 1.40. The van der Waals surface area contributed by atoms with Crippen LogP contribution in [0.2, 0.25) is 0 Å². The number of aromatic carboxylic acids is 1. The molecule has 1 atom stereocenters. The molecule has 3 N–H and O–H groups in total. The number of aliphatic hydroxyl groups is 1. The molecule has 1 rings (SSSR count). The predicted octanol–water partition coefficient (Wildman–Crippen LogP) is 1.36. The highest BCUT2D eigenvalue weighted by atomic mass is 16.4. The molecule has 5 heteroatoms. The van der Waals surface area contributed by atoms with Gasteiger partial charge < -0.3 is 15.5 Å². The number of aryl methyl sites for hydroxylation is 2. The van der Waals surface area contributed by atoms with Crippen molar-refractivity contribution < 1.29 is 19.8 Å². The Morgan fingerprint density at radius 1 is 1.21 bits per heavy atom. The van der Waals surface area contributed by atoms with E-state index < -0.39 is 11.9 Å². The summed E-state index contributed by atoms with van der Waals surface area (Å²) in [6.07, 6.45) is 0. The fourth-order valence-corrected chi connectivity index (χ4v) is 1.80. The number of carboxylic acid groups (broad SMARTS) is 1. The molecule has 19 heavy (non-hydrogen) atoms. The van der Waals surface area contributed by atoms with Crippen LogP contribution in [0.15, 0.2) is 12.1 Å². The first-order valence-corrected chi connectivity index (χ1v) is 6.11. The van der Waals surface area contributed by atoms with Gasteiger partial charge in [0, 0.05) is 13.2 Å². The lowest BCUT2D eigenvalue weighted by Crippen LogP contribution is -2.31. The summed E-state index contributed by atoms with van der Waals surface area (Å²) in [6.45, 7) is 5.44. The Labute approximate surface area is 112 Å². The van der Waals surface area contributed by atoms with E-state index in [4.69, 9.17) is 5.11 Å². The molecule has 1 aromatic rings. The van der Waals surface area contributed by atoms with Gasteiger partial charge in [-0.25, -0.2) is 4.79 Å². The molecule has 0 heterocycles. The Balaban J connectivity index is 3.08. The Bertz CT molecular complexity index is 496. The van der Waals surface area contributed by atoms with Gasteiger partial charge in [-0.05, 0) is 30.9 Å². The van der Waals surface area contributed by atoms with Crippen LogP contribution in [0.1, 0.15) is 38.8 Å². The van der Waals surface area contributed by atoms with E-state index in [0.717, 1.165) is 0 Å². The molecule has 104 valence electrons. The highest BCUT2D eigenvalue weighted by Gasteiger charge is 2.21. The minimum Gasteiger partial charge on any atom is -0.478 e. The van der Waals surface area contributed by atoms with Crippen LogP contribution in [-0.4, -0.2) is 35.2 Å². The third kappa shape index (κ3) is 3.54. The van der Waals surface area contributed by atoms with E-state index in [0.29, 0.717) is 17.7 Å². The molecular weight excluding hydrogens is 246 g/mol. The Hall–Kier alpha value is -1.88. The quantitative estimate of drug-likeness (QED) is 0.750. The number of benzene rings is 1. The molecule has 0 bridgehead atoms. The highest BCUT2D eigenvalue weighted by molar-refractivity contribution is 6.06. The first-order chi connectivity index (χ1) is 8.88. The second-order valence-corrected chi connectivity index (χ2v) is 4.75. The molecule has 0 aliphatic heterocycles. The molecule has 5 nitrogen and oxygen atoms in total. The zero-order valence-electron chi connectivity index (χ0n) is 11.4. The first-order valence-electron chi connectivity index (χ1n) is 6.11. The van der Waals surface area contributed by atoms with Crippen LogP contribution >= 0.6 is 0 Å². The lowest BCUT2D eigenvalue weighted by atomic mass is 9.96. The molecule has 0 saturated carbocycles. The van der Waals surface area contributed by atoms with Crippen molar-refractivity contribution in [1.29, 1.82) is 0 Å². The number of hydrogen-bond donors (Lipinski definition) is 3. The van der Waals surface area contributed by atoms with E-state index in [1.165, 1.54) is 0 Å². The molecule has 0 aliphatic rings. The van der Waals surface area contributed by atoms with Crippen LogP contribution in [0, 0.1) is 19.8 Å².